The third-order valence-corrected chi connectivity index (χ3v) is 3.86. The second-order valence-electron chi connectivity index (χ2n) is 5.36. The number of carbonyl (C=O) groups excluding carboxylic acids is 1. The van der Waals surface area contributed by atoms with Gasteiger partial charge >= 0.3 is 6.01 Å². The van der Waals surface area contributed by atoms with Gasteiger partial charge in [-0.25, -0.2) is 0 Å². The maximum atomic E-state index is 12.3. The summed E-state index contributed by atoms with van der Waals surface area (Å²) in [5.74, 6) is 0.822. The summed E-state index contributed by atoms with van der Waals surface area (Å²) in [7, 11) is 0. The van der Waals surface area contributed by atoms with Crippen LogP contribution < -0.4 is 4.90 Å². The van der Waals surface area contributed by atoms with Crippen LogP contribution in [-0.2, 0) is 17.6 Å². The van der Waals surface area contributed by atoms with Gasteiger partial charge < -0.3 is 14.2 Å². The molecule has 0 unspecified atom stereocenters. The first-order valence-electron chi connectivity index (χ1n) is 7.65. The molecular weight excluding hydrogens is 280 g/mol. The van der Waals surface area contributed by atoms with Crippen molar-refractivity contribution in [3.63, 3.8) is 0 Å². The first-order chi connectivity index (χ1) is 10.8. The number of hydrogen-bond donors (Lipinski definition) is 0. The minimum absolute atomic E-state index is 0.172. The van der Waals surface area contributed by atoms with Crippen LogP contribution in [0.1, 0.15) is 18.4 Å². The molecule has 116 valence electrons. The molecule has 1 fully saturated rings. The smallest absolute Gasteiger partial charge is 0.318 e. The summed E-state index contributed by atoms with van der Waals surface area (Å²) >= 11 is 0. The minimum Gasteiger partial charge on any atom is -0.408 e. The summed E-state index contributed by atoms with van der Waals surface area (Å²) in [5, 5.41) is 8.04. The van der Waals surface area contributed by atoms with Crippen LogP contribution >= 0.6 is 0 Å². The summed E-state index contributed by atoms with van der Waals surface area (Å²) in [6.45, 7) is 4.82. The minimum atomic E-state index is 0.172. The van der Waals surface area contributed by atoms with Crippen molar-refractivity contribution in [3.8, 4) is 0 Å². The summed E-state index contributed by atoms with van der Waals surface area (Å²) < 4.78 is 5.56. The topological polar surface area (TPSA) is 62.5 Å². The largest absolute Gasteiger partial charge is 0.408 e. The normalized spacial score (nSPS) is 15.1. The third-order valence-electron chi connectivity index (χ3n) is 3.86. The van der Waals surface area contributed by atoms with Crippen LogP contribution in [0.4, 0.5) is 6.01 Å². The Bertz CT molecular complexity index is 618. The zero-order valence-electron chi connectivity index (χ0n) is 12.7. The monoisotopic (exact) mass is 300 g/mol. The molecule has 0 atom stereocenters. The van der Waals surface area contributed by atoms with Crippen molar-refractivity contribution in [2.24, 2.45) is 0 Å². The van der Waals surface area contributed by atoms with Gasteiger partial charge in [-0.2, -0.15) is 0 Å². The van der Waals surface area contributed by atoms with Crippen LogP contribution in [-0.4, -0.2) is 47.2 Å². The molecule has 1 saturated heterocycles. The quantitative estimate of drug-likeness (QED) is 0.857. The number of carbonyl (C=O) groups is 1. The second-order valence-corrected chi connectivity index (χ2v) is 5.36. The van der Waals surface area contributed by atoms with Gasteiger partial charge in [0.25, 0.3) is 0 Å². The van der Waals surface area contributed by atoms with Gasteiger partial charge in [0.1, 0.15) is 0 Å². The van der Waals surface area contributed by atoms with Crippen molar-refractivity contribution in [2.45, 2.75) is 19.8 Å². The first kappa shape index (κ1) is 14.6. The van der Waals surface area contributed by atoms with E-state index in [1.165, 1.54) is 0 Å². The van der Waals surface area contributed by atoms with Crippen molar-refractivity contribution in [1.82, 2.24) is 15.1 Å². The molecule has 1 aliphatic heterocycles. The number of rotatable bonds is 4. The first-order valence-corrected chi connectivity index (χ1v) is 7.65. The lowest BCUT2D eigenvalue weighted by Gasteiger charge is -2.33. The van der Waals surface area contributed by atoms with Gasteiger partial charge in [-0.15, -0.1) is 5.10 Å². The predicted octanol–water partition coefficient (Wildman–Crippen LogP) is 1.52. The molecule has 2 heterocycles. The highest BCUT2D eigenvalue weighted by Crippen LogP contribution is 2.15. The van der Waals surface area contributed by atoms with Crippen LogP contribution in [0, 0.1) is 0 Å². The van der Waals surface area contributed by atoms with E-state index in [0.29, 0.717) is 31.4 Å². The fourth-order valence-corrected chi connectivity index (χ4v) is 2.54. The van der Waals surface area contributed by atoms with Gasteiger partial charge in [-0.1, -0.05) is 42.4 Å². The Balaban J connectivity index is 1.54. The number of amides is 1. The summed E-state index contributed by atoms with van der Waals surface area (Å²) in [6, 6.07) is 10.4. The Morgan fingerprint density at radius 3 is 2.50 bits per heavy atom. The molecule has 2 aromatic rings. The maximum Gasteiger partial charge on any atom is 0.318 e. The van der Waals surface area contributed by atoms with Crippen LogP contribution in [0.25, 0.3) is 0 Å². The molecule has 1 aromatic carbocycles. The number of anilines is 1. The second kappa shape index (κ2) is 6.60. The molecule has 0 N–H and O–H groups in total. The maximum absolute atomic E-state index is 12.3. The Labute approximate surface area is 129 Å². The van der Waals surface area contributed by atoms with Gasteiger partial charge in [0, 0.05) is 32.6 Å². The van der Waals surface area contributed by atoms with Gasteiger partial charge in [0.2, 0.25) is 11.8 Å². The van der Waals surface area contributed by atoms with Crippen LogP contribution in [0.2, 0.25) is 0 Å². The number of hydrogen-bond acceptors (Lipinski definition) is 5. The molecule has 1 aliphatic rings. The summed E-state index contributed by atoms with van der Waals surface area (Å²) in [6.07, 6.45) is 1.20. The fourth-order valence-electron chi connectivity index (χ4n) is 2.54. The average Bonchev–Trinajstić information content (AvgIpc) is 3.05. The highest BCUT2D eigenvalue weighted by atomic mass is 16.4. The molecule has 0 spiro atoms. The van der Waals surface area contributed by atoms with E-state index >= 15 is 0 Å². The lowest BCUT2D eigenvalue weighted by Crippen LogP contribution is -2.49. The molecule has 1 aromatic heterocycles. The van der Waals surface area contributed by atoms with Gasteiger partial charge in [-0.3, -0.25) is 4.79 Å². The summed E-state index contributed by atoms with van der Waals surface area (Å²) in [5.41, 5.74) is 1.06. The van der Waals surface area contributed by atoms with E-state index in [1.54, 1.807) is 0 Å². The van der Waals surface area contributed by atoms with Gasteiger partial charge in [-0.05, 0) is 5.56 Å². The highest BCUT2D eigenvalue weighted by Gasteiger charge is 2.24. The molecule has 22 heavy (non-hydrogen) atoms. The number of benzene rings is 1. The fraction of sp³-hybridized carbons (Fsp3) is 0.438. The van der Waals surface area contributed by atoms with Crippen LogP contribution in [0.5, 0.6) is 0 Å². The van der Waals surface area contributed by atoms with Crippen molar-refractivity contribution < 1.29 is 9.21 Å². The van der Waals surface area contributed by atoms with Crippen molar-refractivity contribution in [3.05, 3.63) is 41.8 Å². The van der Waals surface area contributed by atoms with E-state index in [4.69, 9.17) is 4.42 Å². The Hall–Kier alpha value is -2.37. The molecule has 0 radical (unpaired) electrons. The Morgan fingerprint density at radius 1 is 1.14 bits per heavy atom. The zero-order chi connectivity index (χ0) is 15.4. The average molecular weight is 300 g/mol. The molecule has 0 saturated carbocycles. The Morgan fingerprint density at radius 2 is 1.86 bits per heavy atom. The highest BCUT2D eigenvalue weighted by molar-refractivity contribution is 5.79. The molecular formula is C16H20N4O2. The molecule has 3 rings (SSSR count). The van der Waals surface area contributed by atoms with E-state index in [9.17, 15) is 4.79 Å². The van der Waals surface area contributed by atoms with E-state index in [2.05, 4.69) is 10.2 Å². The van der Waals surface area contributed by atoms with E-state index in [0.717, 1.165) is 25.1 Å². The van der Waals surface area contributed by atoms with Crippen LogP contribution in [0.3, 0.4) is 0 Å². The Kier molecular flexibility index (Phi) is 4.37. The van der Waals surface area contributed by atoms with Crippen molar-refractivity contribution in [2.75, 3.05) is 31.1 Å². The van der Waals surface area contributed by atoms with Gasteiger partial charge in [0.05, 0.1) is 6.42 Å². The van der Waals surface area contributed by atoms with E-state index in [-0.39, 0.29) is 5.91 Å². The van der Waals surface area contributed by atoms with E-state index < -0.39 is 0 Å². The summed E-state index contributed by atoms with van der Waals surface area (Å²) in [4.78, 5) is 16.3. The van der Waals surface area contributed by atoms with Crippen LogP contribution in [0.15, 0.2) is 34.7 Å². The SMILES string of the molecule is CCc1nnc(N2CCN(C(=O)Cc3ccccc3)CC2)o1. The number of aryl methyl sites for hydroxylation is 1. The molecule has 0 bridgehead atoms. The lowest BCUT2D eigenvalue weighted by atomic mass is 10.1. The molecule has 6 nitrogen and oxygen atoms in total. The lowest BCUT2D eigenvalue weighted by molar-refractivity contribution is -0.130. The molecule has 6 heteroatoms. The van der Waals surface area contributed by atoms with Crippen molar-refractivity contribution >= 4 is 11.9 Å². The molecule has 0 aliphatic carbocycles. The molecule has 1 amide bonds. The third kappa shape index (κ3) is 3.27. The zero-order valence-corrected chi connectivity index (χ0v) is 12.7. The van der Waals surface area contributed by atoms with E-state index in [1.807, 2.05) is 47.1 Å². The predicted molar refractivity (Wildman–Crippen MR) is 82.6 cm³/mol. The standard InChI is InChI=1S/C16H20N4O2/c1-2-14-17-18-16(22-14)20-10-8-19(9-11-20)15(21)12-13-6-4-3-5-7-13/h3-7H,2,8-12H2,1H3. The number of nitrogens with zero attached hydrogens (tertiary/aromatic N) is 4. The van der Waals surface area contributed by atoms with Gasteiger partial charge in [0.15, 0.2) is 0 Å². The number of piperazine rings is 1. The number of aromatic nitrogens is 2. The van der Waals surface area contributed by atoms with Crippen molar-refractivity contribution in [1.29, 1.82) is 0 Å².